The third kappa shape index (κ3) is 3.92. The molecule has 1 aliphatic rings. The number of anilines is 1. The third-order valence-corrected chi connectivity index (χ3v) is 3.42. The molecule has 1 aromatic rings. The number of nitrogens with one attached hydrogen (secondary N) is 1. The average molecular weight is 263 g/mol. The largest absolute Gasteiger partial charge is 0.478 e. The zero-order valence-corrected chi connectivity index (χ0v) is 11.3. The maximum atomic E-state index is 11.1. The highest BCUT2D eigenvalue weighted by molar-refractivity contribution is 5.92. The van der Waals surface area contributed by atoms with Gasteiger partial charge in [0.05, 0.1) is 0 Å². The molecule has 2 N–H and O–H groups in total. The van der Waals surface area contributed by atoms with Gasteiger partial charge >= 0.3 is 5.97 Å². The fourth-order valence-corrected chi connectivity index (χ4v) is 2.46. The molecule has 1 atom stereocenters. The van der Waals surface area contributed by atoms with Crippen molar-refractivity contribution in [3.05, 3.63) is 23.9 Å². The monoisotopic (exact) mass is 263 g/mol. The Bertz CT molecular complexity index is 430. The Morgan fingerprint density at radius 1 is 1.53 bits per heavy atom. The van der Waals surface area contributed by atoms with Crippen LogP contribution in [-0.2, 0) is 0 Å². The van der Waals surface area contributed by atoms with Crippen molar-refractivity contribution in [3.63, 3.8) is 0 Å². The number of hydrogen-bond acceptors (Lipinski definition) is 4. The van der Waals surface area contributed by atoms with Gasteiger partial charge in [0.15, 0.2) is 0 Å². The van der Waals surface area contributed by atoms with Crippen molar-refractivity contribution in [1.82, 2.24) is 9.88 Å². The maximum absolute atomic E-state index is 11.1. The highest BCUT2D eigenvalue weighted by Crippen LogP contribution is 2.14. The molecule has 0 spiro atoms. The summed E-state index contributed by atoms with van der Waals surface area (Å²) in [5.41, 5.74) is 0.232. The summed E-state index contributed by atoms with van der Waals surface area (Å²) in [7, 11) is 0. The average Bonchev–Trinajstić information content (AvgIpc) is 2.89. The molecular formula is C14H21N3O2. The number of carbonyl (C=O) groups is 1. The number of likely N-dealkylation sites (tertiary alicyclic amines) is 1. The first kappa shape index (κ1) is 13.8. The molecule has 1 aliphatic heterocycles. The van der Waals surface area contributed by atoms with Crippen LogP contribution in [0.25, 0.3) is 0 Å². The van der Waals surface area contributed by atoms with Crippen LogP contribution >= 0.6 is 0 Å². The number of carboxylic acids is 1. The number of aromatic nitrogens is 1. The molecule has 0 saturated carbocycles. The Labute approximate surface area is 113 Å². The predicted molar refractivity (Wildman–Crippen MR) is 74.5 cm³/mol. The maximum Gasteiger partial charge on any atom is 0.339 e. The van der Waals surface area contributed by atoms with Crippen LogP contribution in [0.3, 0.4) is 0 Å². The summed E-state index contributed by atoms with van der Waals surface area (Å²) in [6, 6.07) is 3.21. The first-order valence-corrected chi connectivity index (χ1v) is 6.81. The molecule has 0 bridgehead atoms. The highest BCUT2D eigenvalue weighted by atomic mass is 16.4. The van der Waals surface area contributed by atoms with Crippen molar-refractivity contribution >= 4 is 11.8 Å². The lowest BCUT2D eigenvalue weighted by atomic mass is 10.1. The normalized spacial score (nSPS) is 17.3. The fourth-order valence-electron chi connectivity index (χ4n) is 2.46. The molecule has 1 saturated heterocycles. The van der Waals surface area contributed by atoms with Gasteiger partial charge in [-0.25, -0.2) is 9.78 Å². The lowest BCUT2D eigenvalue weighted by Gasteiger charge is -2.20. The smallest absolute Gasteiger partial charge is 0.339 e. The molecule has 0 aromatic carbocycles. The van der Waals surface area contributed by atoms with E-state index in [2.05, 4.69) is 22.1 Å². The summed E-state index contributed by atoms with van der Waals surface area (Å²) in [6.07, 6.45) is 4.20. The number of nitrogens with zero attached hydrogens (tertiary/aromatic N) is 2. The van der Waals surface area contributed by atoms with Gasteiger partial charge in [0, 0.05) is 19.3 Å². The van der Waals surface area contributed by atoms with E-state index >= 15 is 0 Å². The van der Waals surface area contributed by atoms with Crippen molar-refractivity contribution in [1.29, 1.82) is 0 Å². The number of carboxylic acid groups (broad SMARTS) is 1. The van der Waals surface area contributed by atoms with E-state index in [-0.39, 0.29) is 5.56 Å². The van der Waals surface area contributed by atoms with Gasteiger partial charge in [-0.05, 0) is 44.0 Å². The fraction of sp³-hybridized carbons (Fsp3) is 0.571. The Kier molecular flexibility index (Phi) is 4.74. The lowest BCUT2D eigenvalue weighted by molar-refractivity contribution is 0.0697. The second kappa shape index (κ2) is 6.52. The van der Waals surface area contributed by atoms with E-state index in [9.17, 15) is 4.79 Å². The molecule has 1 fully saturated rings. The number of rotatable bonds is 6. The van der Waals surface area contributed by atoms with Crippen molar-refractivity contribution < 1.29 is 9.90 Å². The van der Waals surface area contributed by atoms with Gasteiger partial charge in [-0.2, -0.15) is 0 Å². The van der Waals surface area contributed by atoms with Crippen LogP contribution in [-0.4, -0.2) is 47.1 Å². The molecule has 104 valence electrons. The second-order valence-electron chi connectivity index (χ2n) is 5.20. The molecule has 2 heterocycles. The summed E-state index contributed by atoms with van der Waals surface area (Å²) < 4.78 is 0. The van der Waals surface area contributed by atoms with Gasteiger partial charge in [-0.3, -0.25) is 0 Å². The van der Waals surface area contributed by atoms with E-state index in [4.69, 9.17) is 5.11 Å². The van der Waals surface area contributed by atoms with Gasteiger partial charge in [0.25, 0.3) is 0 Å². The van der Waals surface area contributed by atoms with Crippen LogP contribution in [0.1, 0.15) is 30.1 Å². The minimum Gasteiger partial charge on any atom is -0.478 e. The summed E-state index contributed by atoms with van der Waals surface area (Å²) in [5, 5.41) is 12.2. The Hall–Kier alpha value is -1.62. The van der Waals surface area contributed by atoms with Gasteiger partial charge in [-0.1, -0.05) is 6.92 Å². The van der Waals surface area contributed by atoms with E-state index in [1.165, 1.54) is 25.9 Å². The number of hydrogen-bond donors (Lipinski definition) is 2. The summed E-state index contributed by atoms with van der Waals surface area (Å²) in [6.45, 7) is 6.35. The number of pyridine rings is 1. The summed E-state index contributed by atoms with van der Waals surface area (Å²) >= 11 is 0. The van der Waals surface area contributed by atoms with Crippen molar-refractivity contribution in [3.8, 4) is 0 Å². The zero-order valence-electron chi connectivity index (χ0n) is 11.3. The Balaban J connectivity index is 1.85. The molecule has 0 amide bonds. The second-order valence-corrected chi connectivity index (χ2v) is 5.20. The Morgan fingerprint density at radius 3 is 2.95 bits per heavy atom. The van der Waals surface area contributed by atoms with E-state index in [0.29, 0.717) is 11.7 Å². The molecule has 2 rings (SSSR count). The van der Waals surface area contributed by atoms with Gasteiger partial charge in [0.1, 0.15) is 11.4 Å². The van der Waals surface area contributed by atoms with Crippen molar-refractivity contribution in [2.24, 2.45) is 5.92 Å². The van der Waals surface area contributed by atoms with Gasteiger partial charge in [0.2, 0.25) is 0 Å². The predicted octanol–water partition coefficient (Wildman–Crippen LogP) is 1.92. The van der Waals surface area contributed by atoms with E-state index in [1.807, 2.05) is 0 Å². The SMILES string of the molecule is CC(CNc1ncccc1C(=O)O)CN1CCCC1. The third-order valence-electron chi connectivity index (χ3n) is 3.42. The summed E-state index contributed by atoms with van der Waals surface area (Å²) in [4.78, 5) is 17.6. The first-order valence-electron chi connectivity index (χ1n) is 6.81. The van der Waals surface area contributed by atoms with Gasteiger partial charge in [-0.15, -0.1) is 0 Å². The topological polar surface area (TPSA) is 65.5 Å². The van der Waals surface area contributed by atoms with E-state index < -0.39 is 5.97 Å². The minimum absolute atomic E-state index is 0.232. The molecule has 1 unspecified atom stereocenters. The van der Waals surface area contributed by atoms with Crippen molar-refractivity contribution in [2.45, 2.75) is 19.8 Å². The van der Waals surface area contributed by atoms with Crippen LogP contribution in [0, 0.1) is 5.92 Å². The first-order chi connectivity index (χ1) is 9.16. The zero-order chi connectivity index (χ0) is 13.7. The molecule has 19 heavy (non-hydrogen) atoms. The van der Waals surface area contributed by atoms with Gasteiger partial charge < -0.3 is 15.3 Å². The quantitative estimate of drug-likeness (QED) is 0.821. The molecule has 1 aromatic heterocycles. The minimum atomic E-state index is -0.942. The standard InChI is InChI=1S/C14H21N3O2/c1-11(10-17-7-2-3-8-17)9-16-13-12(14(18)19)5-4-6-15-13/h4-6,11H,2-3,7-10H2,1H3,(H,15,16)(H,18,19). The lowest BCUT2D eigenvalue weighted by Crippen LogP contribution is -2.29. The van der Waals surface area contributed by atoms with Crippen LogP contribution in [0.4, 0.5) is 5.82 Å². The van der Waals surface area contributed by atoms with E-state index in [0.717, 1.165) is 13.1 Å². The Morgan fingerprint density at radius 2 is 2.26 bits per heavy atom. The van der Waals surface area contributed by atoms with Crippen LogP contribution in [0.5, 0.6) is 0 Å². The molecule has 0 radical (unpaired) electrons. The highest BCUT2D eigenvalue weighted by Gasteiger charge is 2.15. The van der Waals surface area contributed by atoms with Crippen molar-refractivity contribution in [2.75, 3.05) is 31.5 Å². The van der Waals surface area contributed by atoms with E-state index in [1.54, 1.807) is 18.3 Å². The molecular weight excluding hydrogens is 242 g/mol. The van der Waals surface area contributed by atoms with Crippen LogP contribution in [0.2, 0.25) is 0 Å². The molecule has 0 aliphatic carbocycles. The molecule has 5 nitrogen and oxygen atoms in total. The summed E-state index contributed by atoms with van der Waals surface area (Å²) in [5.74, 6) is -0.00665. The molecule has 5 heteroatoms. The van der Waals surface area contributed by atoms with Crippen LogP contribution < -0.4 is 5.32 Å². The van der Waals surface area contributed by atoms with Crippen LogP contribution in [0.15, 0.2) is 18.3 Å². The number of aromatic carboxylic acids is 1.